The molecule has 0 saturated heterocycles. The van der Waals surface area contributed by atoms with Crippen molar-refractivity contribution >= 4 is 35.0 Å². The van der Waals surface area contributed by atoms with E-state index in [1.165, 1.54) is 0 Å². The van der Waals surface area contributed by atoms with Gasteiger partial charge in [-0.1, -0.05) is 29.3 Å². The summed E-state index contributed by atoms with van der Waals surface area (Å²) in [5.41, 5.74) is 0.890. The SMILES string of the molecule is O=C(Cc1c(Cl)cccc1Cl)OCC(=O)c1ccc[nH]1. The molecular weight excluding hydrogens is 301 g/mol. The Morgan fingerprint density at radius 2 is 1.80 bits per heavy atom. The average molecular weight is 312 g/mol. The number of esters is 1. The van der Waals surface area contributed by atoms with Crippen LogP contribution in [0.5, 0.6) is 0 Å². The minimum Gasteiger partial charge on any atom is -0.457 e. The molecule has 1 N–H and O–H groups in total. The lowest BCUT2D eigenvalue weighted by Crippen LogP contribution is -2.16. The Labute approximate surface area is 125 Å². The number of nitrogens with one attached hydrogen (secondary N) is 1. The van der Waals surface area contributed by atoms with Crippen LogP contribution in [0.3, 0.4) is 0 Å². The van der Waals surface area contributed by atoms with Gasteiger partial charge in [0.1, 0.15) is 0 Å². The zero-order valence-electron chi connectivity index (χ0n) is 10.4. The van der Waals surface area contributed by atoms with Gasteiger partial charge in [-0.3, -0.25) is 9.59 Å². The van der Waals surface area contributed by atoms with Gasteiger partial charge in [0, 0.05) is 21.8 Å². The summed E-state index contributed by atoms with van der Waals surface area (Å²) >= 11 is 11.9. The highest BCUT2D eigenvalue weighted by Crippen LogP contribution is 2.24. The summed E-state index contributed by atoms with van der Waals surface area (Å²) in [5, 5.41) is 0.787. The highest BCUT2D eigenvalue weighted by atomic mass is 35.5. The molecule has 0 bridgehead atoms. The summed E-state index contributed by atoms with van der Waals surface area (Å²) in [4.78, 5) is 26.1. The highest BCUT2D eigenvalue weighted by Gasteiger charge is 2.14. The topological polar surface area (TPSA) is 59.2 Å². The van der Waals surface area contributed by atoms with E-state index in [9.17, 15) is 9.59 Å². The Kier molecular flexibility index (Phi) is 4.82. The van der Waals surface area contributed by atoms with Crippen molar-refractivity contribution in [3.63, 3.8) is 0 Å². The van der Waals surface area contributed by atoms with Crippen LogP contribution in [0, 0.1) is 0 Å². The van der Waals surface area contributed by atoms with E-state index in [0.29, 0.717) is 21.3 Å². The number of carbonyl (C=O) groups excluding carboxylic acids is 2. The van der Waals surface area contributed by atoms with E-state index in [1.54, 1.807) is 36.5 Å². The Morgan fingerprint density at radius 3 is 2.40 bits per heavy atom. The normalized spacial score (nSPS) is 10.3. The second-order valence-electron chi connectivity index (χ2n) is 4.04. The fraction of sp³-hybridized carbons (Fsp3) is 0.143. The van der Waals surface area contributed by atoms with Gasteiger partial charge in [0.25, 0.3) is 0 Å². The predicted octanol–water partition coefficient (Wildman–Crippen LogP) is 3.29. The smallest absolute Gasteiger partial charge is 0.310 e. The highest BCUT2D eigenvalue weighted by molar-refractivity contribution is 6.36. The third-order valence-corrected chi connectivity index (χ3v) is 3.35. The lowest BCUT2D eigenvalue weighted by atomic mass is 10.1. The Balaban J connectivity index is 1.92. The Bertz CT molecular complexity index is 603. The minimum atomic E-state index is -0.556. The van der Waals surface area contributed by atoms with Crippen LogP contribution in [-0.4, -0.2) is 23.3 Å². The van der Waals surface area contributed by atoms with E-state index >= 15 is 0 Å². The van der Waals surface area contributed by atoms with E-state index in [0.717, 1.165) is 0 Å². The van der Waals surface area contributed by atoms with Crippen LogP contribution in [-0.2, 0) is 16.0 Å². The molecule has 0 spiro atoms. The third kappa shape index (κ3) is 3.62. The van der Waals surface area contributed by atoms with Gasteiger partial charge >= 0.3 is 5.97 Å². The van der Waals surface area contributed by atoms with Crippen molar-refractivity contribution in [2.45, 2.75) is 6.42 Å². The lowest BCUT2D eigenvalue weighted by Gasteiger charge is -2.07. The van der Waals surface area contributed by atoms with Crippen LogP contribution in [0.2, 0.25) is 10.0 Å². The molecule has 0 unspecified atom stereocenters. The van der Waals surface area contributed by atoms with Gasteiger partial charge in [0.05, 0.1) is 12.1 Å². The molecule has 0 aliphatic rings. The second kappa shape index (κ2) is 6.59. The number of benzene rings is 1. The van der Waals surface area contributed by atoms with Crippen molar-refractivity contribution in [1.29, 1.82) is 0 Å². The van der Waals surface area contributed by atoms with Gasteiger partial charge < -0.3 is 9.72 Å². The van der Waals surface area contributed by atoms with Gasteiger partial charge in [-0.25, -0.2) is 0 Å². The molecule has 20 heavy (non-hydrogen) atoms. The molecular formula is C14H11Cl2NO3. The summed E-state index contributed by atoms with van der Waals surface area (Å²) in [7, 11) is 0. The predicted molar refractivity (Wildman–Crippen MR) is 76.2 cm³/mol. The Morgan fingerprint density at radius 1 is 1.10 bits per heavy atom. The quantitative estimate of drug-likeness (QED) is 0.681. The van der Waals surface area contributed by atoms with Crippen molar-refractivity contribution in [2.24, 2.45) is 0 Å². The molecule has 6 heteroatoms. The lowest BCUT2D eigenvalue weighted by molar-refractivity contribution is -0.141. The number of hydrogen-bond acceptors (Lipinski definition) is 3. The van der Waals surface area contributed by atoms with Gasteiger partial charge in [0.15, 0.2) is 6.61 Å². The summed E-state index contributed by atoms with van der Waals surface area (Å²) in [5.74, 6) is -0.853. The second-order valence-corrected chi connectivity index (χ2v) is 4.86. The van der Waals surface area contributed by atoms with E-state index in [4.69, 9.17) is 27.9 Å². The summed E-state index contributed by atoms with van der Waals surface area (Å²) in [6.07, 6.45) is 1.55. The van der Waals surface area contributed by atoms with E-state index in [1.807, 2.05) is 0 Å². The number of halogens is 2. The molecule has 2 aromatic rings. The number of aromatic amines is 1. The summed E-state index contributed by atoms with van der Waals surface area (Å²) in [6.45, 7) is -0.318. The summed E-state index contributed by atoms with van der Waals surface area (Å²) in [6, 6.07) is 8.27. The number of Topliss-reactive ketones (excluding diaryl/α,β-unsaturated/α-hetero) is 1. The molecule has 0 aliphatic heterocycles. The standard InChI is InChI=1S/C14H11Cl2NO3/c15-10-3-1-4-11(16)9(10)7-14(19)20-8-13(18)12-5-2-6-17-12/h1-6,17H,7-8H2. The number of ketones is 1. The first-order valence-corrected chi connectivity index (χ1v) is 6.58. The van der Waals surface area contributed by atoms with Crippen molar-refractivity contribution in [3.05, 3.63) is 57.8 Å². The molecule has 2 rings (SSSR count). The first kappa shape index (κ1) is 14.6. The molecule has 104 valence electrons. The molecule has 0 amide bonds. The van der Waals surface area contributed by atoms with E-state index < -0.39 is 5.97 Å². The minimum absolute atomic E-state index is 0.0729. The van der Waals surface area contributed by atoms with Crippen LogP contribution < -0.4 is 0 Å². The maximum Gasteiger partial charge on any atom is 0.310 e. The average Bonchev–Trinajstić information content (AvgIpc) is 2.94. The number of carbonyl (C=O) groups is 2. The van der Waals surface area contributed by atoms with Gasteiger partial charge in [0.2, 0.25) is 5.78 Å². The molecule has 0 aliphatic carbocycles. The van der Waals surface area contributed by atoms with E-state index in [2.05, 4.69) is 4.98 Å². The fourth-order valence-corrected chi connectivity index (χ4v) is 2.16. The molecule has 1 aromatic heterocycles. The maximum atomic E-state index is 11.7. The number of ether oxygens (including phenoxy) is 1. The molecule has 0 radical (unpaired) electrons. The molecule has 4 nitrogen and oxygen atoms in total. The van der Waals surface area contributed by atoms with E-state index in [-0.39, 0.29) is 18.8 Å². The zero-order chi connectivity index (χ0) is 14.5. The van der Waals surface area contributed by atoms with Crippen LogP contribution in [0.4, 0.5) is 0 Å². The summed E-state index contributed by atoms with van der Waals surface area (Å²) < 4.78 is 4.92. The van der Waals surface area contributed by atoms with Crippen LogP contribution in [0.1, 0.15) is 16.1 Å². The number of hydrogen-bond donors (Lipinski definition) is 1. The number of rotatable bonds is 5. The monoisotopic (exact) mass is 311 g/mol. The zero-order valence-corrected chi connectivity index (χ0v) is 11.9. The molecule has 0 saturated carbocycles. The molecule has 1 heterocycles. The van der Waals surface area contributed by atoms with Crippen molar-refractivity contribution in [3.8, 4) is 0 Å². The fourth-order valence-electron chi connectivity index (χ4n) is 1.62. The van der Waals surface area contributed by atoms with Gasteiger partial charge in [-0.05, 0) is 24.3 Å². The third-order valence-electron chi connectivity index (χ3n) is 2.65. The van der Waals surface area contributed by atoms with Gasteiger partial charge in [-0.15, -0.1) is 0 Å². The van der Waals surface area contributed by atoms with Crippen molar-refractivity contribution in [2.75, 3.05) is 6.61 Å². The molecule has 1 aromatic carbocycles. The first-order valence-electron chi connectivity index (χ1n) is 5.83. The van der Waals surface area contributed by atoms with Crippen molar-refractivity contribution in [1.82, 2.24) is 4.98 Å². The molecule has 0 fully saturated rings. The number of H-pyrrole nitrogens is 1. The van der Waals surface area contributed by atoms with Crippen LogP contribution >= 0.6 is 23.2 Å². The van der Waals surface area contributed by atoms with Crippen LogP contribution in [0.15, 0.2) is 36.5 Å². The first-order chi connectivity index (χ1) is 9.58. The molecule has 0 atom stereocenters. The number of aromatic nitrogens is 1. The Hall–Kier alpha value is -1.78. The maximum absolute atomic E-state index is 11.7. The van der Waals surface area contributed by atoms with Gasteiger partial charge in [-0.2, -0.15) is 0 Å². The van der Waals surface area contributed by atoms with Crippen LogP contribution in [0.25, 0.3) is 0 Å². The largest absolute Gasteiger partial charge is 0.457 e. The van der Waals surface area contributed by atoms with Crippen molar-refractivity contribution < 1.29 is 14.3 Å².